The molecule has 8 heteroatoms. The van der Waals surface area contributed by atoms with Crippen molar-refractivity contribution in [1.82, 2.24) is 15.1 Å². The molecule has 0 unspecified atom stereocenters. The highest BCUT2D eigenvalue weighted by Crippen LogP contribution is 2.28. The summed E-state index contributed by atoms with van der Waals surface area (Å²) >= 11 is 0. The van der Waals surface area contributed by atoms with E-state index in [1.807, 2.05) is 26.2 Å². The number of likely N-dealkylation sites (N-methyl/N-ethyl adjacent to an activating group) is 1. The van der Waals surface area contributed by atoms with Crippen molar-refractivity contribution in [3.05, 3.63) is 29.8 Å². The van der Waals surface area contributed by atoms with E-state index in [2.05, 4.69) is 32.2 Å². The average Bonchev–Trinajstić information content (AvgIpc) is 3.57. The monoisotopic (exact) mass is 532 g/mol. The Labute approximate surface area is 198 Å². The minimum Gasteiger partial charge on any atom is -0.492 e. The van der Waals surface area contributed by atoms with Crippen molar-refractivity contribution in [2.24, 2.45) is 10.9 Å². The van der Waals surface area contributed by atoms with Gasteiger partial charge >= 0.3 is 0 Å². The SMILES string of the molecule is CN=C(NCc1cccc(OCCN2CCOCC2)c1)N(C)CCOCC1CC1.I. The summed E-state index contributed by atoms with van der Waals surface area (Å²) in [6, 6.07) is 8.26. The maximum atomic E-state index is 5.95. The van der Waals surface area contributed by atoms with Gasteiger partial charge in [-0.25, -0.2) is 0 Å². The van der Waals surface area contributed by atoms with Crippen LogP contribution in [0.4, 0.5) is 0 Å². The molecule has 0 aromatic heterocycles. The van der Waals surface area contributed by atoms with E-state index in [0.717, 1.165) is 70.2 Å². The van der Waals surface area contributed by atoms with Gasteiger partial charge in [-0.1, -0.05) is 12.1 Å². The fraction of sp³-hybridized carbons (Fsp3) is 0.682. The highest BCUT2D eigenvalue weighted by Gasteiger charge is 2.21. The number of morpholine rings is 1. The lowest BCUT2D eigenvalue weighted by molar-refractivity contribution is 0.0322. The van der Waals surface area contributed by atoms with E-state index in [1.54, 1.807) is 0 Å². The summed E-state index contributed by atoms with van der Waals surface area (Å²) in [6.45, 7) is 8.44. The van der Waals surface area contributed by atoms with E-state index in [-0.39, 0.29) is 24.0 Å². The predicted octanol–water partition coefficient (Wildman–Crippen LogP) is 2.45. The van der Waals surface area contributed by atoms with Crippen LogP contribution in [0.2, 0.25) is 0 Å². The molecule has 1 saturated carbocycles. The van der Waals surface area contributed by atoms with Gasteiger partial charge in [0.25, 0.3) is 0 Å². The summed E-state index contributed by atoms with van der Waals surface area (Å²) in [5.41, 5.74) is 1.17. The minimum absolute atomic E-state index is 0. The van der Waals surface area contributed by atoms with Crippen LogP contribution in [0.5, 0.6) is 5.75 Å². The molecule has 0 bridgehead atoms. The lowest BCUT2D eigenvalue weighted by Gasteiger charge is -2.26. The van der Waals surface area contributed by atoms with Gasteiger partial charge in [0.2, 0.25) is 0 Å². The van der Waals surface area contributed by atoms with Crippen molar-refractivity contribution >= 4 is 29.9 Å². The van der Waals surface area contributed by atoms with Crippen molar-refractivity contribution in [2.45, 2.75) is 19.4 Å². The van der Waals surface area contributed by atoms with Gasteiger partial charge in [-0.15, -0.1) is 24.0 Å². The zero-order chi connectivity index (χ0) is 20.3. The Bertz CT molecular complexity index is 637. The molecule has 1 saturated heterocycles. The average molecular weight is 532 g/mol. The van der Waals surface area contributed by atoms with Crippen LogP contribution in [0.3, 0.4) is 0 Å². The lowest BCUT2D eigenvalue weighted by atomic mass is 10.2. The Kier molecular flexibility index (Phi) is 11.8. The summed E-state index contributed by atoms with van der Waals surface area (Å²) in [4.78, 5) is 8.87. The van der Waals surface area contributed by atoms with Crippen LogP contribution in [0.1, 0.15) is 18.4 Å². The Morgan fingerprint density at radius 2 is 2.07 bits per heavy atom. The van der Waals surface area contributed by atoms with Crippen LogP contribution in [-0.2, 0) is 16.0 Å². The van der Waals surface area contributed by atoms with Crippen LogP contribution in [0.15, 0.2) is 29.3 Å². The minimum atomic E-state index is 0. The molecule has 170 valence electrons. The van der Waals surface area contributed by atoms with E-state index in [9.17, 15) is 0 Å². The number of hydrogen-bond donors (Lipinski definition) is 1. The van der Waals surface area contributed by atoms with E-state index < -0.39 is 0 Å². The van der Waals surface area contributed by atoms with Crippen molar-refractivity contribution < 1.29 is 14.2 Å². The highest BCUT2D eigenvalue weighted by molar-refractivity contribution is 14.0. The molecule has 0 amide bonds. The summed E-state index contributed by atoms with van der Waals surface area (Å²) in [7, 11) is 3.86. The largest absolute Gasteiger partial charge is 0.492 e. The Balaban J connectivity index is 0.00000320. The van der Waals surface area contributed by atoms with Gasteiger partial charge in [0.15, 0.2) is 5.96 Å². The number of benzene rings is 1. The second-order valence-corrected chi connectivity index (χ2v) is 7.79. The highest BCUT2D eigenvalue weighted by atomic mass is 127. The molecule has 3 rings (SSSR count). The molecule has 1 aromatic carbocycles. The second kappa shape index (κ2) is 14.1. The van der Waals surface area contributed by atoms with E-state index >= 15 is 0 Å². The zero-order valence-corrected chi connectivity index (χ0v) is 20.7. The number of hydrogen-bond acceptors (Lipinski definition) is 5. The molecule has 2 fully saturated rings. The number of ether oxygens (including phenoxy) is 3. The third kappa shape index (κ3) is 9.36. The van der Waals surface area contributed by atoms with E-state index in [0.29, 0.717) is 13.2 Å². The molecule has 1 aromatic rings. The Hall–Kier alpha value is -1.10. The third-order valence-corrected chi connectivity index (χ3v) is 5.32. The fourth-order valence-corrected chi connectivity index (χ4v) is 3.27. The summed E-state index contributed by atoms with van der Waals surface area (Å²) in [5, 5.41) is 3.43. The Morgan fingerprint density at radius 3 is 2.80 bits per heavy atom. The first-order valence-electron chi connectivity index (χ1n) is 10.8. The van der Waals surface area contributed by atoms with Gasteiger partial charge in [-0.3, -0.25) is 9.89 Å². The molecule has 1 heterocycles. The van der Waals surface area contributed by atoms with Crippen molar-refractivity contribution in [3.8, 4) is 5.75 Å². The van der Waals surface area contributed by atoms with Crippen molar-refractivity contribution in [3.63, 3.8) is 0 Å². The van der Waals surface area contributed by atoms with Crippen LogP contribution in [0, 0.1) is 5.92 Å². The van der Waals surface area contributed by atoms with Crippen LogP contribution in [-0.4, -0.2) is 89.1 Å². The first kappa shape index (κ1) is 25.2. The molecular weight excluding hydrogens is 495 g/mol. The first-order chi connectivity index (χ1) is 14.2. The van der Waals surface area contributed by atoms with Gasteiger partial charge in [0.05, 0.1) is 19.8 Å². The molecule has 0 spiro atoms. The Morgan fingerprint density at radius 1 is 1.27 bits per heavy atom. The van der Waals surface area contributed by atoms with Crippen LogP contribution < -0.4 is 10.1 Å². The molecule has 1 aliphatic carbocycles. The number of halogens is 1. The van der Waals surface area contributed by atoms with E-state index in [1.165, 1.54) is 18.4 Å². The smallest absolute Gasteiger partial charge is 0.193 e. The zero-order valence-electron chi connectivity index (χ0n) is 18.3. The van der Waals surface area contributed by atoms with Crippen LogP contribution >= 0.6 is 24.0 Å². The van der Waals surface area contributed by atoms with Gasteiger partial charge in [-0.2, -0.15) is 0 Å². The molecule has 30 heavy (non-hydrogen) atoms. The maximum absolute atomic E-state index is 5.95. The summed E-state index contributed by atoms with van der Waals surface area (Å²) < 4.78 is 17.1. The number of nitrogens with one attached hydrogen (secondary N) is 1. The number of aliphatic imine (C=N–C) groups is 1. The molecule has 2 aliphatic rings. The van der Waals surface area contributed by atoms with Gasteiger partial charge in [-0.05, 0) is 36.5 Å². The molecule has 1 N–H and O–H groups in total. The van der Waals surface area contributed by atoms with Gasteiger partial charge in [0.1, 0.15) is 12.4 Å². The fourth-order valence-electron chi connectivity index (χ4n) is 3.27. The van der Waals surface area contributed by atoms with Crippen molar-refractivity contribution in [2.75, 3.05) is 73.3 Å². The van der Waals surface area contributed by atoms with Crippen molar-refractivity contribution in [1.29, 1.82) is 0 Å². The number of rotatable bonds is 11. The van der Waals surface area contributed by atoms with Crippen LogP contribution in [0.25, 0.3) is 0 Å². The third-order valence-electron chi connectivity index (χ3n) is 5.32. The van der Waals surface area contributed by atoms with Gasteiger partial charge in [0, 0.05) is 53.4 Å². The number of guanidine groups is 1. The standard InChI is InChI=1S/C22H36N4O3.HI/c1-23-22(25(2)8-12-28-18-19-6-7-19)24-17-20-4-3-5-21(16-20)29-15-11-26-9-13-27-14-10-26;/h3-5,16,19H,6-15,17-18H2,1-2H3,(H,23,24);1H. The number of nitrogens with zero attached hydrogens (tertiary/aromatic N) is 3. The summed E-state index contributed by atoms with van der Waals surface area (Å²) in [6.07, 6.45) is 2.66. The lowest BCUT2D eigenvalue weighted by Crippen LogP contribution is -2.40. The second-order valence-electron chi connectivity index (χ2n) is 7.79. The molecule has 1 aliphatic heterocycles. The van der Waals surface area contributed by atoms with E-state index in [4.69, 9.17) is 14.2 Å². The molecular formula is C22H37IN4O3. The summed E-state index contributed by atoms with van der Waals surface area (Å²) in [5.74, 6) is 2.59. The molecule has 7 nitrogen and oxygen atoms in total. The first-order valence-corrected chi connectivity index (χ1v) is 10.8. The predicted molar refractivity (Wildman–Crippen MR) is 131 cm³/mol. The normalized spacial score (nSPS) is 17.3. The maximum Gasteiger partial charge on any atom is 0.193 e. The molecule has 0 radical (unpaired) electrons. The van der Waals surface area contributed by atoms with Gasteiger partial charge < -0.3 is 24.4 Å². The molecule has 0 atom stereocenters. The topological polar surface area (TPSA) is 58.6 Å². The quantitative estimate of drug-likeness (QED) is 0.205.